The summed E-state index contributed by atoms with van der Waals surface area (Å²) in [7, 11) is -1.61. The molecule has 1 aliphatic heterocycles. The normalized spacial score (nSPS) is 20.2. The van der Waals surface area contributed by atoms with E-state index in [0.717, 1.165) is 0 Å². The molecule has 0 bridgehead atoms. The summed E-state index contributed by atoms with van der Waals surface area (Å²) in [6.45, 7) is 0. The van der Waals surface area contributed by atoms with Gasteiger partial charge in [-0.3, -0.25) is 4.79 Å². The zero-order chi connectivity index (χ0) is 15.5. The highest BCUT2D eigenvalue weighted by atomic mass is 32.2. The van der Waals surface area contributed by atoms with Crippen molar-refractivity contribution in [2.24, 2.45) is 0 Å². The molecule has 0 saturated carbocycles. The molecule has 1 fully saturated rings. The number of aryl methyl sites for hydroxylation is 1. The van der Waals surface area contributed by atoms with E-state index in [0.29, 0.717) is 18.4 Å². The SMILES string of the molecule is COc1ccc(CCC(=O)N[C@@H]2CCS(=O)(=O)C2)cc1F. The molecule has 5 nitrogen and oxygen atoms in total. The van der Waals surface area contributed by atoms with E-state index in [4.69, 9.17) is 4.74 Å². The number of sulfone groups is 1. The molecule has 1 atom stereocenters. The molecule has 1 saturated heterocycles. The van der Waals surface area contributed by atoms with Gasteiger partial charge in [0.05, 0.1) is 18.6 Å². The third kappa shape index (κ3) is 4.42. The van der Waals surface area contributed by atoms with Gasteiger partial charge in [-0.15, -0.1) is 0 Å². The fourth-order valence-corrected chi connectivity index (χ4v) is 4.01. The highest BCUT2D eigenvalue weighted by Crippen LogP contribution is 2.18. The molecule has 2 rings (SSSR count). The van der Waals surface area contributed by atoms with Crippen molar-refractivity contribution in [2.75, 3.05) is 18.6 Å². The maximum Gasteiger partial charge on any atom is 0.220 e. The number of rotatable bonds is 5. The van der Waals surface area contributed by atoms with E-state index in [2.05, 4.69) is 5.32 Å². The lowest BCUT2D eigenvalue weighted by Crippen LogP contribution is -2.35. The van der Waals surface area contributed by atoms with Gasteiger partial charge in [-0.1, -0.05) is 6.07 Å². The molecule has 7 heteroatoms. The second-order valence-corrected chi connectivity index (χ2v) is 7.37. The van der Waals surface area contributed by atoms with Crippen LogP contribution < -0.4 is 10.1 Å². The van der Waals surface area contributed by atoms with Gasteiger partial charge in [-0.05, 0) is 30.5 Å². The summed E-state index contributed by atoms with van der Waals surface area (Å²) in [6.07, 6.45) is 1.06. The summed E-state index contributed by atoms with van der Waals surface area (Å²) in [4.78, 5) is 11.8. The van der Waals surface area contributed by atoms with Crippen LogP contribution in [0, 0.1) is 5.82 Å². The number of methoxy groups -OCH3 is 1. The Kier molecular flexibility index (Phi) is 4.82. The molecule has 1 heterocycles. The van der Waals surface area contributed by atoms with Crippen LogP contribution in [0.1, 0.15) is 18.4 Å². The zero-order valence-corrected chi connectivity index (χ0v) is 12.6. The molecule has 1 N–H and O–H groups in total. The van der Waals surface area contributed by atoms with Gasteiger partial charge in [-0.2, -0.15) is 0 Å². The Morgan fingerprint density at radius 2 is 2.24 bits per heavy atom. The summed E-state index contributed by atoms with van der Waals surface area (Å²) in [5, 5.41) is 2.71. The largest absolute Gasteiger partial charge is 0.494 e. The number of carbonyl (C=O) groups is 1. The van der Waals surface area contributed by atoms with E-state index in [1.807, 2.05) is 0 Å². The topological polar surface area (TPSA) is 72.5 Å². The molecule has 0 aromatic heterocycles. The number of hydrogen-bond acceptors (Lipinski definition) is 4. The fraction of sp³-hybridized carbons (Fsp3) is 0.500. The van der Waals surface area contributed by atoms with E-state index >= 15 is 0 Å². The molecule has 0 unspecified atom stereocenters. The molecule has 1 aromatic rings. The summed E-state index contributed by atoms with van der Waals surface area (Å²) < 4.78 is 40.9. The smallest absolute Gasteiger partial charge is 0.220 e. The van der Waals surface area contributed by atoms with Gasteiger partial charge in [-0.25, -0.2) is 12.8 Å². The molecule has 1 aromatic carbocycles. The van der Waals surface area contributed by atoms with Crippen molar-refractivity contribution in [1.29, 1.82) is 0 Å². The number of benzene rings is 1. The van der Waals surface area contributed by atoms with Crippen LogP contribution in [0.3, 0.4) is 0 Å². The van der Waals surface area contributed by atoms with Gasteiger partial charge in [0.2, 0.25) is 5.91 Å². The molecule has 0 radical (unpaired) electrons. The van der Waals surface area contributed by atoms with Crippen LogP contribution in [-0.2, 0) is 21.1 Å². The Bertz CT molecular complexity index is 630. The number of hydrogen-bond donors (Lipinski definition) is 1. The van der Waals surface area contributed by atoms with Crippen LogP contribution in [0.4, 0.5) is 4.39 Å². The van der Waals surface area contributed by atoms with Gasteiger partial charge >= 0.3 is 0 Å². The lowest BCUT2D eigenvalue weighted by molar-refractivity contribution is -0.121. The van der Waals surface area contributed by atoms with Gasteiger partial charge < -0.3 is 10.1 Å². The first kappa shape index (κ1) is 15.8. The third-order valence-electron chi connectivity index (χ3n) is 3.45. The van der Waals surface area contributed by atoms with Crippen LogP contribution in [0.15, 0.2) is 18.2 Å². The minimum atomic E-state index is -3.00. The van der Waals surface area contributed by atoms with Crippen molar-refractivity contribution < 1.29 is 22.3 Å². The monoisotopic (exact) mass is 315 g/mol. The molecule has 116 valence electrons. The van der Waals surface area contributed by atoms with Gasteiger partial charge in [0.25, 0.3) is 0 Å². The zero-order valence-electron chi connectivity index (χ0n) is 11.8. The van der Waals surface area contributed by atoms with Crippen LogP contribution in [0.25, 0.3) is 0 Å². The van der Waals surface area contributed by atoms with Gasteiger partial charge in [0.1, 0.15) is 0 Å². The molecule has 0 spiro atoms. The molecule has 1 amide bonds. The Morgan fingerprint density at radius 1 is 1.48 bits per heavy atom. The Hall–Kier alpha value is -1.63. The van der Waals surface area contributed by atoms with Gasteiger partial charge in [0.15, 0.2) is 21.4 Å². The molecule has 21 heavy (non-hydrogen) atoms. The van der Waals surface area contributed by atoms with Crippen molar-refractivity contribution in [1.82, 2.24) is 5.32 Å². The average Bonchev–Trinajstić information content (AvgIpc) is 2.75. The van der Waals surface area contributed by atoms with Gasteiger partial charge in [0, 0.05) is 12.5 Å². The highest BCUT2D eigenvalue weighted by molar-refractivity contribution is 7.91. The van der Waals surface area contributed by atoms with Crippen LogP contribution in [0.5, 0.6) is 5.75 Å². The number of halogens is 1. The number of carbonyl (C=O) groups excluding carboxylic acids is 1. The first-order valence-corrected chi connectivity index (χ1v) is 8.54. The molecule has 1 aliphatic rings. The minimum Gasteiger partial charge on any atom is -0.494 e. The van der Waals surface area contributed by atoms with Crippen molar-refractivity contribution in [3.8, 4) is 5.75 Å². The molecule has 0 aliphatic carbocycles. The quantitative estimate of drug-likeness (QED) is 0.882. The van der Waals surface area contributed by atoms with Crippen LogP contribution in [-0.4, -0.2) is 39.0 Å². The average molecular weight is 315 g/mol. The predicted molar refractivity (Wildman–Crippen MR) is 76.5 cm³/mol. The number of amides is 1. The van der Waals surface area contributed by atoms with Crippen LogP contribution in [0.2, 0.25) is 0 Å². The van der Waals surface area contributed by atoms with E-state index < -0.39 is 15.7 Å². The highest BCUT2D eigenvalue weighted by Gasteiger charge is 2.28. The summed E-state index contributed by atoms with van der Waals surface area (Å²) in [6, 6.07) is 4.27. The molecular formula is C14H18FNO4S. The summed E-state index contributed by atoms with van der Waals surface area (Å²) in [5.74, 6) is -0.373. The summed E-state index contributed by atoms with van der Waals surface area (Å²) >= 11 is 0. The first-order valence-electron chi connectivity index (χ1n) is 6.72. The van der Waals surface area contributed by atoms with Crippen molar-refractivity contribution >= 4 is 15.7 Å². The van der Waals surface area contributed by atoms with E-state index in [1.54, 1.807) is 6.07 Å². The maximum atomic E-state index is 13.5. The lowest BCUT2D eigenvalue weighted by atomic mass is 10.1. The van der Waals surface area contributed by atoms with E-state index in [9.17, 15) is 17.6 Å². The number of nitrogens with one attached hydrogen (secondary N) is 1. The maximum absolute atomic E-state index is 13.5. The van der Waals surface area contributed by atoms with Crippen molar-refractivity contribution in [3.05, 3.63) is 29.6 Å². The number of ether oxygens (including phenoxy) is 1. The fourth-order valence-electron chi connectivity index (χ4n) is 2.33. The molecular weight excluding hydrogens is 297 g/mol. The summed E-state index contributed by atoms with van der Waals surface area (Å²) in [5.41, 5.74) is 0.697. The Balaban J connectivity index is 1.83. The first-order chi connectivity index (χ1) is 9.89. The van der Waals surface area contributed by atoms with E-state index in [1.165, 1.54) is 19.2 Å². The Morgan fingerprint density at radius 3 is 2.81 bits per heavy atom. The van der Waals surface area contributed by atoms with Crippen molar-refractivity contribution in [3.63, 3.8) is 0 Å². The predicted octanol–water partition coefficient (Wildman–Crippen LogP) is 1.07. The minimum absolute atomic E-state index is 0.00983. The van der Waals surface area contributed by atoms with Crippen LogP contribution >= 0.6 is 0 Å². The standard InChI is InChI=1S/C14H18FNO4S/c1-20-13-4-2-10(8-12(13)15)3-5-14(17)16-11-6-7-21(18,19)9-11/h2,4,8,11H,3,5-7,9H2,1H3,(H,16,17)/t11-/m1/s1. The second-order valence-electron chi connectivity index (χ2n) is 5.14. The third-order valence-corrected chi connectivity index (χ3v) is 5.22. The van der Waals surface area contributed by atoms with Crippen molar-refractivity contribution in [2.45, 2.75) is 25.3 Å². The Labute approximate surface area is 123 Å². The second kappa shape index (κ2) is 6.43. The lowest BCUT2D eigenvalue weighted by Gasteiger charge is -2.11. The van der Waals surface area contributed by atoms with E-state index in [-0.39, 0.29) is 35.6 Å².